The molecule has 2 aromatic rings. The normalized spacial score (nSPS) is 10.7. The van der Waals surface area contributed by atoms with Gasteiger partial charge in [0, 0.05) is 5.75 Å². The zero-order valence-electron chi connectivity index (χ0n) is 12.6. The van der Waals surface area contributed by atoms with Crippen molar-refractivity contribution in [3.8, 4) is 0 Å². The highest BCUT2D eigenvalue weighted by molar-refractivity contribution is 7.98. The lowest BCUT2D eigenvalue weighted by Gasteiger charge is -2.11. The van der Waals surface area contributed by atoms with E-state index in [1.165, 1.54) is 28.5 Å². The van der Waals surface area contributed by atoms with E-state index in [0.717, 1.165) is 0 Å². The Balaban J connectivity index is 2.34. The van der Waals surface area contributed by atoms with Crippen molar-refractivity contribution in [1.29, 1.82) is 0 Å². The second kappa shape index (κ2) is 6.26. The van der Waals surface area contributed by atoms with Crippen molar-refractivity contribution >= 4 is 17.7 Å². The zero-order chi connectivity index (χ0) is 15.6. The number of thioether (sulfide) groups is 1. The smallest absolute Gasteiger partial charge is 0.340 e. The van der Waals surface area contributed by atoms with Crippen LogP contribution in [0.25, 0.3) is 0 Å². The third-order valence-corrected chi connectivity index (χ3v) is 4.38. The van der Waals surface area contributed by atoms with E-state index < -0.39 is 5.97 Å². The SMILES string of the molecule is Cc1nc(C)c(C(=O)O)c(SCc2c(C)cccc2C)n1. The molecule has 21 heavy (non-hydrogen) atoms. The lowest BCUT2D eigenvalue weighted by Crippen LogP contribution is -2.08. The number of carboxylic acids is 1. The predicted octanol–water partition coefficient (Wildman–Crippen LogP) is 3.70. The van der Waals surface area contributed by atoms with E-state index in [4.69, 9.17) is 0 Å². The molecule has 1 N–H and O–H groups in total. The number of hydrogen-bond acceptors (Lipinski definition) is 4. The van der Waals surface area contributed by atoms with Gasteiger partial charge in [-0.15, -0.1) is 11.8 Å². The van der Waals surface area contributed by atoms with E-state index in [0.29, 0.717) is 22.3 Å². The van der Waals surface area contributed by atoms with E-state index in [1.807, 2.05) is 6.07 Å². The topological polar surface area (TPSA) is 63.1 Å². The maximum atomic E-state index is 11.4. The van der Waals surface area contributed by atoms with Crippen molar-refractivity contribution in [3.05, 3.63) is 52.0 Å². The molecule has 0 spiro atoms. The highest BCUT2D eigenvalue weighted by Gasteiger charge is 2.18. The Morgan fingerprint density at radius 3 is 2.33 bits per heavy atom. The number of aromatic nitrogens is 2. The highest BCUT2D eigenvalue weighted by atomic mass is 32.2. The summed E-state index contributed by atoms with van der Waals surface area (Å²) in [6.45, 7) is 7.62. The number of aromatic carboxylic acids is 1. The molecule has 0 radical (unpaired) electrons. The molecule has 0 aliphatic rings. The Morgan fingerprint density at radius 2 is 1.76 bits per heavy atom. The van der Waals surface area contributed by atoms with E-state index in [1.54, 1.807) is 13.8 Å². The van der Waals surface area contributed by atoms with E-state index in [2.05, 4.69) is 35.9 Å². The first-order valence-corrected chi connectivity index (χ1v) is 7.65. The number of rotatable bonds is 4. The van der Waals surface area contributed by atoms with Crippen LogP contribution in [0.5, 0.6) is 0 Å². The number of benzene rings is 1. The molecule has 110 valence electrons. The largest absolute Gasteiger partial charge is 0.478 e. The summed E-state index contributed by atoms with van der Waals surface area (Å²) in [4.78, 5) is 19.8. The fourth-order valence-electron chi connectivity index (χ4n) is 2.25. The van der Waals surface area contributed by atoms with Gasteiger partial charge in [-0.3, -0.25) is 0 Å². The lowest BCUT2D eigenvalue weighted by molar-refractivity contribution is 0.0690. The molecule has 0 saturated heterocycles. The van der Waals surface area contributed by atoms with E-state index >= 15 is 0 Å². The molecule has 0 aliphatic carbocycles. The third kappa shape index (κ3) is 3.42. The Hall–Kier alpha value is -1.88. The minimum absolute atomic E-state index is 0.205. The third-order valence-electron chi connectivity index (χ3n) is 3.38. The zero-order valence-corrected chi connectivity index (χ0v) is 13.4. The molecule has 1 aromatic carbocycles. The van der Waals surface area contributed by atoms with Gasteiger partial charge in [-0.25, -0.2) is 14.8 Å². The van der Waals surface area contributed by atoms with Crippen molar-refractivity contribution in [2.45, 2.75) is 38.5 Å². The number of carbonyl (C=O) groups is 1. The average Bonchev–Trinajstić information content (AvgIpc) is 2.36. The van der Waals surface area contributed by atoms with Crippen LogP contribution >= 0.6 is 11.8 Å². The molecule has 0 atom stereocenters. The summed E-state index contributed by atoms with van der Waals surface area (Å²) in [5.41, 5.74) is 4.37. The van der Waals surface area contributed by atoms with Gasteiger partial charge in [-0.1, -0.05) is 18.2 Å². The number of carboxylic acid groups (broad SMARTS) is 1. The molecule has 0 unspecified atom stereocenters. The van der Waals surface area contributed by atoms with Gasteiger partial charge in [0.15, 0.2) is 0 Å². The lowest BCUT2D eigenvalue weighted by atomic mass is 10.1. The van der Waals surface area contributed by atoms with Crippen LogP contribution in [-0.4, -0.2) is 21.0 Å². The van der Waals surface area contributed by atoms with E-state index in [-0.39, 0.29) is 5.56 Å². The molecule has 0 aliphatic heterocycles. The van der Waals surface area contributed by atoms with Gasteiger partial charge in [0.25, 0.3) is 0 Å². The Bertz CT molecular complexity index is 679. The molecule has 5 heteroatoms. The predicted molar refractivity (Wildman–Crippen MR) is 83.9 cm³/mol. The number of hydrogen-bond donors (Lipinski definition) is 1. The van der Waals surface area contributed by atoms with Gasteiger partial charge in [0.2, 0.25) is 0 Å². The maximum Gasteiger partial charge on any atom is 0.340 e. The fourth-order valence-corrected chi connectivity index (χ4v) is 3.56. The minimum atomic E-state index is -0.975. The average molecular weight is 302 g/mol. The monoisotopic (exact) mass is 302 g/mol. The van der Waals surface area contributed by atoms with Crippen LogP contribution in [0.1, 0.15) is 38.6 Å². The maximum absolute atomic E-state index is 11.4. The quantitative estimate of drug-likeness (QED) is 0.689. The first kappa shape index (κ1) is 15.5. The van der Waals surface area contributed by atoms with Gasteiger partial charge < -0.3 is 5.11 Å². The van der Waals surface area contributed by atoms with Crippen LogP contribution in [0.3, 0.4) is 0 Å². The summed E-state index contributed by atoms with van der Waals surface area (Å²) in [7, 11) is 0. The summed E-state index contributed by atoms with van der Waals surface area (Å²) in [5, 5.41) is 9.89. The van der Waals surface area contributed by atoms with E-state index in [9.17, 15) is 9.90 Å². The molecule has 1 heterocycles. The van der Waals surface area contributed by atoms with Crippen molar-refractivity contribution in [1.82, 2.24) is 9.97 Å². The van der Waals surface area contributed by atoms with Gasteiger partial charge in [-0.05, 0) is 44.4 Å². The molecule has 2 rings (SSSR count). The Labute approximate surface area is 128 Å². The van der Waals surface area contributed by atoms with Crippen molar-refractivity contribution in [2.24, 2.45) is 0 Å². The fraction of sp³-hybridized carbons (Fsp3) is 0.312. The molecular weight excluding hydrogens is 284 g/mol. The molecule has 0 saturated carbocycles. The van der Waals surface area contributed by atoms with Crippen LogP contribution < -0.4 is 0 Å². The van der Waals surface area contributed by atoms with Crippen LogP contribution in [0.4, 0.5) is 0 Å². The molecule has 0 bridgehead atoms. The Kier molecular flexibility index (Phi) is 4.63. The van der Waals surface area contributed by atoms with Gasteiger partial charge >= 0.3 is 5.97 Å². The molecule has 0 amide bonds. The second-order valence-corrected chi connectivity index (χ2v) is 5.96. The van der Waals surface area contributed by atoms with Crippen LogP contribution in [0, 0.1) is 27.7 Å². The summed E-state index contributed by atoms with van der Waals surface area (Å²) < 4.78 is 0. The van der Waals surface area contributed by atoms with Crippen molar-refractivity contribution in [2.75, 3.05) is 0 Å². The minimum Gasteiger partial charge on any atom is -0.478 e. The van der Waals surface area contributed by atoms with Crippen LogP contribution in [0.2, 0.25) is 0 Å². The first-order valence-electron chi connectivity index (χ1n) is 6.66. The van der Waals surface area contributed by atoms with Crippen LogP contribution in [-0.2, 0) is 5.75 Å². The first-order chi connectivity index (χ1) is 9.90. The van der Waals surface area contributed by atoms with Gasteiger partial charge in [0.05, 0.1) is 5.69 Å². The summed E-state index contributed by atoms with van der Waals surface area (Å²) >= 11 is 1.45. The molecular formula is C16H18N2O2S. The van der Waals surface area contributed by atoms with Gasteiger partial charge in [0.1, 0.15) is 16.4 Å². The van der Waals surface area contributed by atoms with Crippen molar-refractivity contribution in [3.63, 3.8) is 0 Å². The Morgan fingerprint density at radius 1 is 1.14 bits per heavy atom. The summed E-state index contributed by atoms with van der Waals surface area (Å²) in [5.74, 6) is 0.326. The second-order valence-electron chi connectivity index (χ2n) is 5.00. The molecule has 4 nitrogen and oxygen atoms in total. The standard InChI is InChI=1S/C16H18N2O2S/c1-9-6-5-7-10(2)13(9)8-21-15-14(16(19)20)11(3)17-12(4)18-15/h5-7H,8H2,1-4H3,(H,19,20). The van der Waals surface area contributed by atoms with Crippen LogP contribution in [0.15, 0.2) is 23.2 Å². The molecule has 0 fully saturated rings. The number of nitrogens with zero attached hydrogens (tertiary/aromatic N) is 2. The molecule has 1 aromatic heterocycles. The van der Waals surface area contributed by atoms with Gasteiger partial charge in [-0.2, -0.15) is 0 Å². The highest BCUT2D eigenvalue weighted by Crippen LogP contribution is 2.28. The summed E-state index contributed by atoms with van der Waals surface area (Å²) in [6, 6.07) is 6.16. The van der Waals surface area contributed by atoms with Crippen molar-refractivity contribution < 1.29 is 9.90 Å². The number of aryl methyl sites for hydroxylation is 4. The summed E-state index contributed by atoms with van der Waals surface area (Å²) in [6.07, 6.45) is 0.